The summed E-state index contributed by atoms with van der Waals surface area (Å²) in [6.07, 6.45) is 57.5. The predicted molar refractivity (Wildman–Crippen MR) is 258 cm³/mol. The van der Waals surface area contributed by atoms with Gasteiger partial charge in [-0.2, -0.15) is 0 Å². The Labute approximate surface area is 376 Å². The third-order valence-corrected chi connectivity index (χ3v) is 12.0. The molecule has 0 aromatic carbocycles. The third kappa shape index (κ3) is 47.3. The summed E-state index contributed by atoms with van der Waals surface area (Å²) in [4.78, 5) is 34.9. The molecular weight excluding hydrogens is 784 g/mol. The lowest BCUT2D eigenvalue weighted by molar-refractivity contribution is -0.161. The molecule has 2 unspecified atom stereocenters. The molecule has 9 heteroatoms. The standard InChI is InChI=1S/C52H95O8P/c1-4-7-9-11-13-15-17-19-21-23-25-26-27-29-30-32-34-36-38-40-42-44-46-51(53)57-48-50(49-59-61(55,56)58-6-3)60-52(54)47-45-43-41-39-37-35-33-31-28-24-22-20-18-16-14-12-10-8-5-2/h8,10,14,16,20,22,28,31,50H,4-7,9,11-13,15,17-19,21,23-27,29-30,32-49H2,1-3H3,(H,55,56)/b10-8-,16-14-,22-20-,31-28-. The van der Waals surface area contributed by atoms with E-state index < -0.39 is 26.5 Å². The van der Waals surface area contributed by atoms with Crippen LogP contribution in [-0.4, -0.2) is 42.8 Å². The minimum absolute atomic E-state index is 0.00279. The van der Waals surface area contributed by atoms with E-state index in [1.54, 1.807) is 6.92 Å². The van der Waals surface area contributed by atoms with E-state index in [9.17, 15) is 19.0 Å². The van der Waals surface area contributed by atoms with Crippen LogP contribution < -0.4 is 0 Å². The van der Waals surface area contributed by atoms with E-state index in [0.717, 1.165) is 83.5 Å². The number of allylic oxidation sites excluding steroid dienone is 8. The Morgan fingerprint density at radius 1 is 0.459 bits per heavy atom. The maximum absolute atomic E-state index is 12.6. The predicted octanol–water partition coefficient (Wildman–Crippen LogP) is 16.5. The second kappa shape index (κ2) is 47.5. The van der Waals surface area contributed by atoms with Gasteiger partial charge in [-0.25, -0.2) is 4.57 Å². The summed E-state index contributed by atoms with van der Waals surface area (Å²) in [5.74, 6) is -0.805. The molecule has 0 spiro atoms. The molecule has 0 aliphatic carbocycles. The van der Waals surface area contributed by atoms with Crippen molar-refractivity contribution < 1.29 is 37.6 Å². The molecule has 0 fully saturated rings. The maximum Gasteiger partial charge on any atom is 0.472 e. The van der Waals surface area contributed by atoms with Crippen LogP contribution in [0.2, 0.25) is 0 Å². The van der Waals surface area contributed by atoms with Crippen molar-refractivity contribution in [2.75, 3.05) is 19.8 Å². The maximum atomic E-state index is 12.6. The summed E-state index contributed by atoms with van der Waals surface area (Å²) in [5.41, 5.74) is 0. The van der Waals surface area contributed by atoms with Crippen LogP contribution in [0.5, 0.6) is 0 Å². The fraction of sp³-hybridized carbons (Fsp3) is 0.808. The van der Waals surface area contributed by atoms with Crippen molar-refractivity contribution in [2.45, 2.75) is 252 Å². The topological polar surface area (TPSA) is 108 Å². The number of rotatable bonds is 47. The first-order chi connectivity index (χ1) is 29.8. The number of esters is 2. The Morgan fingerprint density at radius 2 is 0.836 bits per heavy atom. The molecule has 0 saturated heterocycles. The van der Waals surface area contributed by atoms with Gasteiger partial charge in [0.2, 0.25) is 0 Å². The summed E-state index contributed by atoms with van der Waals surface area (Å²) in [5, 5.41) is 0. The number of unbranched alkanes of at least 4 members (excludes halogenated alkanes) is 27. The van der Waals surface area contributed by atoms with Crippen LogP contribution in [0.25, 0.3) is 0 Å². The molecule has 0 radical (unpaired) electrons. The molecule has 0 aliphatic heterocycles. The summed E-state index contributed by atoms with van der Waals surface area (Å²) in [7, 11) is -4.29. The van der Waals surface area contributed by atoms with Gasteiger partial charge in [-0.3, -0.25) is 18.6 Å². The van der Waals surface area contributed by atoms with Crippen molar-refractivity contribution in [3.05, 3.63) is 48.6 Å². The minimum Gasteiger partial charge on any atom is -0.462 e. The zero-order valence-corrected chi connectivity index (χ0v) is 40.7. The van der Waals surface area contributed by atoms with Gasteiger partial charge in [-0.05, 0) is 58.3 Å². The molecule has 0 bridgehead atoms. The Morgan fingerprint density at radius 3 is 1.26 bits per heavy atom. The van der Waals surface area contributed by atoms with Crippen LogP contribution in [0.15, 0.2) is 48.6 Å². The zero-order chi connectivity index (χ0) is 44.6. The Kier molecular flexibility index (Phi) is 45.9. The highest BCUT2D eigenvalue weighted by Gasteiger charge is 2.25. The van der Waals surface area contributed by atoms with E-state index in [1.165, 1.54) is 122 Å². The highest BCUT2D eigenvalue weighted by molar-refractivity contribution is 7.47. The molecule has 0 amide bonds. The number of phosphoric ester groups is 1. The van der Waals surface area contributed by atoms with Gasteiger partial charge >= 0.3 is 19.8 Å². The average Bonchev–Trinajstić information content (AvgIpc) is 3.24. The summed E-state index contributed by atoms with van der Waals surface area (Å²) in [6, 6.07) is 0. The number of hydrogen-bond acceptors (Lipinski definition) is 7. The van der Waals surface area contributed by atoms with Crippen LogP contribution in [0.4, 0.5) is 0 Å². The molecule has 0 heterocycles. The van der Waals surface area contributed by atoms with Crippen LogP contribution in [0.1, 0.15) is 245 Å². The molecule has 1 N–H and O–H groups in total. The van der Waals surface area contributed by atoms with E-state index in [0.29, 0.717) is 12.8 Å². The van der Waals surface area contributed by atoms with Gasteiger partial charge in [-0.1, -0.05) is 223 Å². The first-order valence-corrected chi connectivity index (χ1v) is 26.9. The van der Waals surface area contributed by atoms with Crippen molar-refractivity contribution in [3.8, 4) is 0 Å². The fourth-order valence-electron chi connectivity index (χ4n) is 7.21. The van der Waals surface area contributed by atoms with Crippen molar-refractivity contribution in [1.82, 2.24) is 0 Å². The summed E-state index contributed by atoms with van der Waals surface area (Å²) in [6.45, 7) is 5.39. The highest BCUT2D eigenvalue weighted by atomic mass is 31.2. The lowest BCUT2D eigenvalue weighted by Gasteiger charge is -2.19. The van der Waals surface area contributed by atoms with E-state index >= 15 is 0 Å². The van der Waals surface area contributed by atoms with E-state index in [2.05, 4.69) is 62.5 Å². The first-order valence-electron chi connectivity index (χ1n) is 25.4. The number of phosphoric acid groups is 1. The number of carbonyl (C=O) groups excluding carboxylic acids is 2. The quantitative estimate of drug-likeness (QED) is 0.0279. The van der Waals surface area contributed by atoms with Crippen molar-refractivity contribution in [2.24, 2.45) is 0 Å². The second-order valence-corrected chi connectivity index (χ2v) is 18.3. The van der Waals surface area contributed by atoms with Gasteiger partial charge in [-0.15, -0.1) is 0 Å². The molecule has 61 heavy (non-hydrogen) atoms. The Bertz CT molecular complexity index is 1130. The SMILES string of the molecule is CC/C=C\C/C=C\C/C=C\C/C=C\CCCCCCCCC(=O)OC(COC(=O)CCCCCCCCCCCCCCCCCCCCCCCC)COP(=O)(O)OCC. The summed E-state index contributed by atoms with van der Waals surface area (Å²) >= 11 is 0. The van der Waals surface area contributed by atoms with Gasteiger partial charge in [0.1, 0.15) is 6.61 Å². The zero-order valence-electron chi connectivity index (χ0n) is 39.8. The van der Waals surface area contributed by atoms with Crippen LogP contribution in [0.3, 0.4) is 0 Å². The van der Waals surface area contributed by atoms with Crippen molar-refractivity contribution >= 4 is 19.8 Å². The molecule has 8 nitrogen and oxygen atoms in total. The fourth-order valence-corrected chi connectivity index (χ4v) is 7.97. The average molecular weight is 879 g/mol. The molecule has 0 aromatic rings. The van der Waals surface area contributed by atoms with Gasteiger partial charge in [0.25, 0.3) is 0 Å². The van der Waals surface area contributed by atoms with E-state index in [1.807, 2.05) is 0 Å². The Hall–Kier alpha value is -1.99. The van der Waals surface area contributed by atoms with Gasteiger partial charge in [0.15, 0.2) is 6.10 Å². The van der Waals surface area contributed by atoms with Crippen molar-refractivity contribution in [3.63, 3.8) is 0 Å². The molecule has 0 aromatic heterocycles. The van der Waals surface area contributed by atoms with Crippen LogP contribution >= 0.6 is 7.82 Å². The van der Waals surface area contributed by atoms with Gasteiger partial charge in [0.05, 0.1) is 13.2 Å². The number of carbonyl (C=O) groups is 2. The largest absolute Gasteiger partial charge is 0.472 e. The lowest BCUT2D eigenvalue weighted by atomic mass is 10.0. The number of ether oxygens (including phenoxy) is 2. The van der Waals surface area contributed by atoms with E-state index in [4.69, 9.17) is 18.5 Å². The molecule has 0 aliphatic rings. The molecule has 0 saturated carbocycles. The molecule has 0 rings (SSSR count). The van der Waals surface area contributed by atoms with Crippen LogP contribution in [-0.2, 0) is 32.7 Å². The number of hydrogen-bond donors (Lipinski definition) is 1. The first kappa shape index (κ1) is 59.0. The van der Waals surface area contributed by atoms with Gasteiger partial charge in [0, 0.05) is 12.8 Å². The monoisotopic (exact) mass is 879 g/mol. The molecular formula is C52H95O8P. The smallest absolute Gasteiger partial charge is 0.462 e. The highest BCUT2D eigenvalue weighted by Crippen LogP contribution is 2.43. The minimum atomic E-state index is -4.29. The summed E-state index contributed by atoms with van der Waals surface area (Å²) < 4.78 is 32.8. The Balaban J connectivity index is 3.98. The second-order valence-electron chi connectivity index (χ2n) is 16.8. The molecule has 356 valence electrons. The molecule has 2 atom stereocenters. The van der Waals surface area contributed by atoms with E-state index in [-0.39, 0.29) is 25.6 Å². The third-order valence-electron chi connectivity index (χ3n) is 10.9. The normalized spacial score (nSPS) is 13.6. The van der Waals surface area contributed by atoms with Gasteiger partial charge < -0.3 is 14.4 Å². The lowest BCUT2D eigenvalue weighted by Crippen LogP contribution is -2.29. The van der Waals surface area contributed by atoms with Crippen LogP contribution in [0, 0.1) is 0 Å². The van der Waals surface area contributed by atoms with Crippen molar-refractivity contribution in [1.29, 1.82) is 0 Å².